The standard InChI is InChI=1S/C20H16ClN3O/c1-13-10-16(25-2)6-7-17(13)18-8-9-20-22-12-19(24(20)23-18)14-4-3-5-15(21)11-14/h3-12H,1-2H3. The average Bonchev–Trinajstić information content (AvgIpc) is 3.04. The average molecular weight is 350 g/mol. The van der Waals surface area contributed by atoms with Crippen molar-refractivity contribution in [1.29, 1.82) is 0 Å². The Bertz CT molecular complexity index is 1070. The van der Waals surface area contributed by atoms with Gasteiger partial charge in [0.05, 0.1) is 24.7 Å². The van der Waals surface area contributed by atoms with Crippen molar-refractivity contribution in [3.05, 3.63) is 71.4 Å². The molecular weight excluding hydrogens is 334 g/mol. The molecule has 0 aliphatic heterocycles. The van der Waals surface area contributed by atoms with Crippen molar-refractivity contribution >= 4 is 17.2 Å². The fraction of sp³-hybridized carbons (Fsp3) is 0.100. The lowest BCUT2D eigenvalue weighted by Gasteiger charge is -2.09. The van der Waals surface area contributed by atoms with E-state index < -0.39 is 0 Å². The van der Waals surface area contributed by atoms with Crippen LogP contribution in [0.25, 0.3) is 28.2 Å². The Balaban J connectivity index is 1.86. The van der Waals surface area contributed by atoms with E-state index in [0.717, 1.165) is 39.5 Å². The first kappa shape index (κ1) is 15.7. The van der Waals surface area contributed by atoms with Gasteiger partial charge >= 0.3 is 0 Å². The molecule has 4 rings (SSSR count). The molecule has 5 heteroatoms. The van der Waals surface area contributed by atoms with Crippen LogP contribution in [0.3, 0.4) is 0 Å². The quantitative estimate of drug-likeness (QED) is 0.520. The first-order valence-corrected chi connectivity index (χ1v) is 8.29. The van der Waals surface area contributed by atoms with Crippen molar-refractivity contribution < 1.29 is 4.74 Å². The number of aryl methyl sites for hydroxylation is 1. The first-order chi connectivity index (χ1) is 12.2. The van der Waals surface area contributed by atoms with Crippen LogP contribution in [-0.2, 0) is 0 Å². The molecule has 0 atom stereocenters. The van der Waals surface area contributed by atoms with E-state index in [4.69, 9.17) is 21.4 Å². The molecule has 0 bridgehead atoms. The van der Waals surface area contributed by atoms with Crippen LogP contribution in [0, 0.1) is 6.92 Å². The predicted octanol–water partition coefficient (Wildman–Crippen LogP) is 5.03. The van der Waals surface area contributed by atoms with Crippen molar-refractivity contribution in [2.45, 2.75) is 6.92 Å². The van der Waals surface area contributed by atoms with Gasteiger partial charge in [0.25, 0.3) is 0 Å². The van der Waals surface area contributed by atoms with Gasteiger partial charge in [-0.15, -0.1) is 0 Å². The number of aromatic nitrogens is 3. The van der Waals surface area contributed by atoms with Gasteiger partial charge in [0.2, 0.25) is 0 Å². The molecule has 0 fully saturated rings. The molecular formula is C20H16ClN3O. The maximum Gasteiger partial charge on any atom is 0.154 e. The highest BCUT2D eigenvalue weighted by Gasteiger charge is 2.11. The van der Waals surface area contributed by atoms with Crippen LogP contribution < -0.4 is 4.74 Å². The Hall–Kier alpha value is -2.85. The zero-order valence-corrected chi connectivity index (χ0v) is 14.7. The van der Waals surface area contributed by atoms with Gasteiger partial charge in [-0.05, 0) is 55.0 Å². The summed E-state index contributed by atoms with van der Waals surface area (Å²) in [5, 5.41) is 5.49. The van der Waals surface area contributed by atoms with E-state index in [-0.39, 0.29) is 0 Å². The summed E-state index contributed by atoms with van der Waals surface area (Å²) in [6, 6.07) is 17.6. The van der Waals surface area contributed by atoms with Gasteiger partial charge in [0, 0.05) is 16.1 Å². The van der Waals surface area contributed by atoms with Crippen LogP contribution in [-0.4, -0.2) is 21.7 Å². The summed E-state index contributed by atoms with van der Waals surface area (Å²) >= 11 is 6.13. The van der Waals surface area contributed by atoms with Gasteiger partial charge in [-0.2, -0.15) is 5.10 Å². The Labute approximate surface area is 150 Å². The second-order valence-corrected chi connectivity index (χ2v) is 6.26. The smallest absolute Gasteiger partial charge is 0.154 e. The molecule has 4 nitrogen and oxygen atoms in total. The fourth-order valence-corrected chi connectivity index (χ4v) is 3.10. The summed E-state index contributed by atoms with van der Waals surface area (Å²) in [7, 11) is 1.67. The predicted molar refractivity (Wildman–Crippen MR) is 100 cm³/mol. The number of fused-ring (bicyclic) bond motifs is 1. The number of imidazole rings is 1. The molecule has 2 heterocycles. The van der Waals surface area contributed by atoms with E-state index in [1.165, 1.54) is 0 Å². The van der Waals surface area contributed by atoms with Gasteiger partial charge in [-0.3, -0.25) is 0 Å². The summed E-state index contributed by atoms with van der Waals surface area (Å²) in [5.41, 5.74) is 5.74. The van der Waals surface area contributed by atoms with Crippen LogP contribution in [0.5, 0.6) is 5.75 Å². The second-order valence-electron chi connectivity index (χ2n) is 5.82. The van der Waals surface area contributed by atoms with Gasteiger partial charge in [-0.1, -0.05) is 23.7 Å². The van der Waals surface area contributed by atoms with E-state index >= 15 is 0 Å². The molecule has 0 aliphatic carbocycles. The number of halogens is 1. The molecule has 0 aliphatic rings. The van der Waals surface area contributed by atoms with Gasteiger partial charge in [0.1, 0.15) is 5.75 Å². The third-order valence-electron chi connectivity index (χ3n) is 4.19. The largest absolute Gasteiger partial charge is 0.497 e. The van der Waals surface area contributed by atoms with Crippen LogP contribution >= 0.6 is 11.6 Å². The third-order valence-corrected chi connectivity index (χ3v) is 4.43. The molecule has 124 valence electrons. The van der Waals surface area contributed by atoms with E-state index in [1.54, 1.807) is 7.11 Å². The first-order valence-electron chi connectivity index (χ1n) is 7.91. The van der Waals surface area contributed by atoms with E-state index in [9.17, 15) is 0 Å². The maximum atomic E-state index is 6.13. The zero-order valence-electron chi connectivity index (χ0n) is 13.9. The van der Waals surface area contributed by atoms with Gasteiger partial charge in [0.15, 0.2) is 5.65 Å². The number of hydrogen-bond acceptors (Lipinski definition) is 3. The van der Waals surface area contributed by atoms with Crippen molar-refractivity contribution in [1.82, 2.24) is 14.6 Å². The number of ether oxygens (including phenoxy) is 1. The summed E-state index contributed by atoms with van der Waals surface area (Å²) in [6.07, 6.45) is 1.82. The van der Waals surface area contributed by atoms with Crippen LogP contribution in [0.1, 0.15) is 5.56 Å². The number of benzene rings is 2. The highest BCUT2D eigenvalue weighted by atomic mass is 35.5. The monoisotopic (exact) mass is 349 g/mol. The lowest BCUT2D eigenvalue weighted by Crippen LogP contribution is -1.98. The Kier molecular flexibility index (Phi) is 3.90. The molecule has 2 aromatic heterocycles. The zero-order chi connectivity index (χ0) is 17.4. The summed E-state index contributed by atoms with van der Waals surface area (Å²) in [4.78, 5) is 4.45. The Morgan fingerprint density at radius 1 is 1.04 bits per heavy atom. The highest BCUT2D eigenvalue weighted by molar-refractivity contribution is 6.30. The molecule has 0 N–H and O–H groups in total. The second kappa shape index (κ2) is 6.22. The highest BCUT2D eigenvalue weighted by Crippen LogP contribution is 2.28. The van der Waals surface area contributed by atoms with Crippen molar-refractivity contribution in [3.8, 4) is 28.3 Å². The van der Waals surface area contributed by atoms with Gasteiger partial charge in [-0.25, -0.2) is 9.50 Å². The molecule has 25 heavy (non-hydrogen) atoms. The SMILES string of the molecule is COc1ccc(-c2ccc3ncc(-c4cccc(Cl)c4)n3n2)c(C)c1. The lowest BCUT2D eigenvalue weighted by molar-refractivity contribution is 0.414. The van der Waals surface area contributed by atoms with E-state index in [2.05, 4.69) is 11.9 Å². The van der Waals surface area contributed by atoms with E-state index in [1.807, 2.05) is 65.3 Å². The van der Waals surface area contributed by atoms with E-state index in [0.29, 0.717) is 5.02 Å². The number of rotatable bonds is 3. The van der Waals surface area contributed by atoms with Crippen LogP contribution in [0.2, 0.25) is 5.02 Å². The van der Waals surface area contributed by atoms with Crippen LogP contribution in [0.15, 0.2) is 60.8 Å². The number of hydrogen-bond donors (Lipinski definition) is 0. The molecule has 0 saturated heterocycles. The molecule has 2 aromatic carbocycles. The minimum Gasteiger partial charge on any atom is -0.497 e. The molecule has 0 unspecified atom stereocenters. The Morgan fingerprint density at radius 3 is 2.68 bits per heavy atom. The minimum absolute atomic E-state index is 0.689. The van der Waals surface area contributed by atoms with Crippen LogP contribution in [0.4, 0.5) is 0 Å². The Morgan fingerprint density at radius 2 is 1.92 bits per heavy atom. The lowest BCUT2D eigenvalue weighted by atomic mass is 10.1. The summed E-state index contributed by atoms with van der Waals surface area (Å²) in [6.45, 7) is 2.05. The number of nitrogens with zero attached hydrogens (tertiary/aromatic N) is 3. The normalized spacial score (nSPS) is 11.0. The summed E-state index contributed by atoms with van der Waals surface area (Å²) < 4.78 is 7.14. The third kappa shape index (κ3) is 2.85. The number of methoxy groups -OCH3 is 1. The fourth-order valence-electron chi connectivity index (χ4n) is 2.91. The topological polar surface area (TPSA) is 39.4 Å². The molecule has 0 radical (unpaired) electrons. The minimum atomic E-state index is 0.689. The molecule has 0 spiro atoms. The van der Waals surface area contributed by atoms with Gasteiger partial charge < -0.3 is 4.74 Å². The summed E-state index contributed by atoms with van der Waals surface area (Å²) in [5.74, 6) is 0.838. The molecule has 4 aromatic rings. The molecule has 0 amide bonds. The van der Waals surface area contributed by atoms with Crippen molar-refractivity contribution in [2.24, 2.45) is 0 Å². The van der Waals surface area contributed by atoms with Crippen molar-refractivity contribution in [3.63, 3.8) is 0 Å². The van der Waals surface area contributed by atoms with Crippen molar-refractivity contribution in [2.75, 3.05) is 7.11 Å². The molecule has 0 saturated carbocycles. The maximum absolute atomic E-state index is 6.13.